The molecule has 2 amide bonds. The van der Waals surface area contributed by atoms with Gasteiger partial charge < -0.3 is 10.4 Å². The van der Waals surface area contributed by atoms with Crippen molar-refractivity contribution in [3.63, 3.8) is 0 Å². The second kappa shape index (κ2) is 6.10. The number of carboxylic acid groups (broad SMARTS) is 1. The molecule has 2 aromatic carbocycles. The number of nitrogens with one attached hydrogen (secondary N) is 1. The first-order valence-electron chi connectivity index (χ1n) is 6.83. The molecule has 0 saturated carbocycles. The van der Waals surface area contributed by atoms with Crippen LogP contribution in [0.2, 0.25) is 10.0 Å². The predicted octanol–water partition coefficient (Wildman–Crippen LogP) is 3.98. The van der Waals surface area contributed by atoms with E-state index in [1.807, 2.05) is 0 Å². The number of benzene rings is 2. The van der Waals surface area contributed by atoms with Gasteiger partial charge in [0.25, 0.3) is 0 Å². The Morgan fingerprint density at radius 3 is 2.57 bits per heavy atom. The maximum Gasteiger partial charge on any atom is 0.326 e. The van der Waals surface area contributed by atoms with Gasteiger partial charge in [0.15, 0.2) is 0 Å². The Labute approximate surface area is 142 Å². The van der Waals surface area contributed by atoms with Crippen molar-refractivity contribution in [1.29, 1.82) is 0 Å². The largest absolute Gasteiger partial charge is 0.481 e. The summed E-state index contributed by atoms with van der Waals surface area (Å²) in [5, 5.41) is 12.4. The van der Waals surface area contributed by atoms with E-state index in [9.17, 15) is 9.59 Å². The lowest BCUT2D eigenvalue weighted by atomic mass is 10.0. The maximum absolute atomic E-state index is 12.4. The van der Waals surface area contributed by atoms with E-state index < -0.39 is 5.97 Å². The number of anilines is 2. The molecule has 3 rings (SSSR count). The number of halogens is 2. The van der Waals surface area contributed by atoms with Gasteiger partial charge in [-0.25, -0.2) is 4.79 Å². The Kier molecular flexibility index (Phi) is 4.15. The predicted molar refractivity (Wildman–Crippen MR) is 88.6 cm³/mol. The third-order valence-electron chi connectivity index (χ3n) is 3.54. The minimum atomic E-state index is -0.937. The van der Waals surface area contributed by atoms with Crippen LogP contribution < -0.4 is 10.2 Å². The van der Waals surface area contributed by atoms with Crippen molar-refractivity contribution < 1.29 is 14.7 Å². The van der Waals surface area contributed by atoms with Crippen molar-refractivity contribution in [1.82, 2.24) is 5.32 Å². The van der Waals surface area contributed by atoms with Crippen LogP contribution in [0.5, 0.6) is 0 Å². The number of carboxylic acids is 1. The summed E-state index contributed by atoms with van der Waals surface area (Å²) in [4.78, 5) is 24.7. The minimum Gasteiger partial charge on any atom is -0.481 e. The Balaban J connectivity index is 2.16. The second-order valence-corrected chi connectivity index (χ2v) is 5.91. The summed E-state index contributed by atoms with van der Waals surface area (Å²) in [7, 11) is 0. The molecule has 0 fully saturated rings. The molecule has 0 atom stereocenters. The molecule has 1 aliphatic rings. The highest BCUT2D eigenvalue weighted by atomic mass is 35.5. The lowest BCUT2D eigenvalue weighted by molar-refractivity contribution is -0.136. The fraction of sp³-hybridized carbons (Fsp3) is 0.125. The summed E-state index contributed by atoms with van der Waals surface area (Å²) >= 11 is 12.4. The third-order valence-corrected chi connectivity index (χ3v) is 4.15. The van der Waals surface area contributed by atoms with E-state index in [4.69, 9.17) is 28.3 Å². The van der Waals surface area contributed by atoms with Gasteiger partial charge in [-0.3, -0.25) is 9.69 Å². The molecule has 0 aliphatic carbocycles. The van der Waals surface area contributed by atoms with Crippen LogP contribution in [0.3, 0.4) is 0 Å². The zero-order chi connectivity index (χ0) is 16.6. The molecule has 2 aromatic rings. The first-order chi connectivity index (χ1) is 11.0. The van der Waals surface area contributed by atoms with Crippen molar-refractivity contribution in [2.24, 2.45) is 0 Å². The van der Waals surface area contributed by atoms with Crippen LogP contribution >= 0.6 is 23.2 Å². The molecule has 23 heavy (non-hydrogen) atoms. The highest BCUT2D eigenvalue weighted by Crippen LogP contribution is 2.40. The van der Waals surface area contributed by atoms with Gasteiger partial charge in [-0.1, -0.05) is 41.4 Å². The van der Waals surface area contributed by atoms with E-state index in [-0.39, 0.29) is 12.5 Å². The van der Waals surface area contributed by atoms with E-state index in [2.05, 4.69) is 5.32 Å². The summed E-state index contributed by atoms with van der Waals surface area (Å²) < 4.78 is 0. The number of hydrogen-bond acceptors (Lipinski definition) is 2. The molecule has 5 nitrogen and oxygen atoms in total. The van der Waals surface area contributed by atoms with Crippen molar-refractivity contribution in [2.45, 2.75) is 13.0 Å². The van der Waals surface area contributed by atoms with Crippen molar-refractivity contribution >= 4 is 46.6 Å². The highest BCUT2D eigenvalue weighted by molar-refractivity contribution is 6.40. The number of hydrogen-bond donors (Lipinski definition) is 2. The number of para-hydroxylation sites is 1. The van der Waals surface area contributed by atoms with Crippen molar-refractivity contribution in [3.8, 4) is 0 Å². The Bertz CT molecular complexity index is 788. The minimum absolute atomic E-state index is 0.126. The zero-order valence-corrected chi connectivity index (χ0v) is 13.4. The third kappa shape index (κ3) is 2.98. The molecule has 0 spiro atoms. The average Bonchev–Trinajstić information content (AvgIpc) is 2.48. The second-order valence-electron chi connectivity index (χ2n) is 5.10. The molecular weight excluding hydrogens is 339 g/mol. The molecule has 7 heteroatoms. The Morgan fingerprint density at radius 1 is 1.22 bits per heavy atom. The van der Waals surface area contributed by atoms with E-state index in [0.717, 1.165) is 5.56 Å². The summed E-state index contributed by atoms with van der Waals surface area (Å²) in [6.07, 6.45) is -0.126. The number of rotatable bonds is 3. The van der Waals surface area contributed by atoms with Crippen LogP contribution in [-0.4, -0.2) is 17.1 Å². The van der Waals surface area contributed by atoms with Gasteiger partial charge in [0.2, 0.25) is 0 Å². The van der Waals surface area contributed by atoms with Gasteiger partial charge in [-0.2, -0.15) is 0 Å². The fourth-order valence-corrected chi connectivity index (χ4v) is 3.10. The zero-order valence-electron chi connectivity index (χ0n) is 11.8. The lowest BCUT2D eigenvalue weighted by Gasteiger charge is -2.31. The van der Waals surface area contributed by atoms with Crippen LogP contribution in [0.25, 0.3) is 0 Å². The lowest BCUT2D eigenvalue weighted by Crippen LogP contribution is -2.41. The van der Waals surface area contributed by atoms with Crippen LogP contribution in [0.4, 0.5) is 16.2 Å². The van der Waals surface area contributed by atoms with Gasteiger partial charge in [0, 0.05) is 6.54 Å². The molecule has 118 valence electrons. The number of amides is 2. The van der Waals surface area contributed by atoms with E-state index in [0.29, 0.717) is 33.5 Å². The van der Waals surface area contributed by atoms with E-state index in [1.54, 1.807) is 36.4 Å². The normalized spacial score (nSPS) is 13.5. The topological polar surface area (TPSA) is 69.6 Å². The molecule has 0 aromatic heterocycles. The molecule has 1 heterocycles. The van der Waals surface area contributed by atoms with Gasteiger partial charge in [0.1, 0.15) is 0 Å². The van der Waals surface area contributed by atoms with Gasteiger partial charge in [0.05, 0.1) is 27.8 Å². The standard InChI is InChI=1S/C16H12Cl2N2O3/c17-11-2-1-3-12(18)15(11)20-13-6-9(7-14(21)22)4-5-10(13)8-19-16(20)23/h1-6H,7-8H2,(H,19,23)(H,21,22). The highest BCUT2D eigenvalue weighted by Gasteiger charge is 2.28. The van der Waals surface area contributed by atoms with Gasteiger partial charge in [-0.15, -0.1) is 0 Å². The number of nitrogens with zero attached hydrogens (tertiary/aromatic N) is 1. The summed E-state index contributed by atoms with van der Waals surface area (Å²) in [6, 6.07) is 9.83. The fourth-order valence-electron chi connectivity index (χ4n) is 2.54. The maximum atomic E-state index is 12.4. The van der Waals surface area contributed by atoms with Gasteiger partial charge >= 0.3 is 12.0 Å². The van der Waals surface area contributed by atoms with E-state index in [1.165, 1.54) is 4.90 Å². The number of carbonyl (C=O) groups excluding carboxylic acids is 1. The van der Waals surface area contributed by atoms with Crippen LogP contribution in [0, 0.1) is 0 Å². The Morgan fingerprint density at radius 2 is 1.91 bits per heavy atom. The Hall–Kier alpha value is -2.24. The van der Waals surface area contributed by atoms with Crippen molar-refractivity contribution in [3.05, 3.63) is 57.6 Å². The molecule has 0 saturated heterocycles. The summed E-state index contributed by atoms with van der Waals surface area (Å²) in [5.74, 6) is -0.937. The van der Waals surface area contributed by atoms with Gasteiger partial charge in [-0.05, 0) is 29.3 Å². The van der Waals surface area contributed by atoms with Crippen LogP contribution in [0.15, 0.2) is 36.4 Å². The molecule has 1 aliphatic heterocycles. The SMILES string of the molecule is O=C(O)Cc1ccc2c(c1)N(c1c(Cl)cccc1Cl)C(=O)NC2. The first-order valence-corrected chi connectivity index (χ1v) is 7.58. The average molecular weight is 351 g/mol. The van der Waals surface area contributed by atoms with Crippen LogP contribution in [-0.2, 0) is 17.8 Å². The first kappa shape index (κ1) is 15.6. The molecular formula is C16H12Cl2N2O3. The monoisotopic (exact) mass is 350 g/mol. The molecule has 2 N–H and O–H groups in total. The number of aliphatic carboxylic acids is 1. The molecule has 0 radical (unpaired) electrons. The summed E-state index contributed by atoms with van der Waals surface area (Å²) in [5.41, 5.74) is 2.41. The van der Waals surface area contributed by atoms with E-state index >= 15 is 0 Å². The number of fused-ring (bicyclic) bond motifs is 1. The molecule has 0 bridgehead atoms. The quantitative estimate of drug-likeness (QED) is 0.879. The summed E-state index contributed by atoms with van der Waals surface area (Å²) in [6.45, 7) is 0.361. The number of urea groups is 1. The number of carbonyl (C=O) groups is 2. The molecule has 0 unspecified atom stereocenters. The van der Waals surface area contributed by atoms with Crippen molar-refractivity contribution in [2.75, 3.05) is 4.90 Å². The smallest absolute Gasteiger partial charge is 0.326 e. The van der Waals surface area contributed by atoms with Crippen LogP contribution in [0.1, 0.15) is 11.1 Å².